The van der Waals surface area contributed by atoms with Crippen molar-refractivity contribution in [2.45, 2.75) is 125 Å². The van der Waals surface area contributed by atoms with Gasteiger partial charge >= 0.3 is 0 Å². The topological polar surface area (TPSA) is 182 Å². The number of oxazole rings is 1. The van der Waals surface area contributed by atoms with E-state index in [-0.39, 0.29) is 7.43 Å². The largest absolute Gasteiger partial charge is 0.472 e. The fraction of sp³-hybridized carbons (Fsp3) is 0.236. The Labute approximate surface area is 658 Å². The van der Waals surface area contributed by atoms with Crippen LogP contribution in [-0.4, -0.2) is 53.6 Å². The van der Waals surface area contributed by atoms with Crippen LogP contribution in [0.4, 0.5) is 0 Å². The van der Waals surface area contributed by atoms with E-state index < -0.39 is 0 Å². The number of hydrogen-bond donors (Lipinski definition) is 4. The molecular weight excluding hydrogens is 1420 g/mol. The van der Waals surface area contributed by atoms with E-state index in [1.54, 1.807) is 84.0 Å². The number of H-pyrrole nitrogens is 4. The number of hydrogen-bond acceptors (Lipinski definition) is 12. The Hall–Kier alpha value is -11.0. The summed E-state index contributed by atoms with van der Waals surface area (Å²) >= 11 is 7.04. The summed E-state index contributed by atoms with van der Waals surface area (Å²) in [7, 11) is 6.15. The summed E-state index contributed by atoms with van der Waals surface area (Å²) in [5.74, 6) is 2.80. The summed E-state index contributed by atoms with van der Waals surface area (Å²) in [6.45, 7) is 34.4. The van der Waals surface area contributed by atoms with Gasteiger partial charge in [-0.1, -0.05) is 81.9 Å². The minimum atomic E-state index is 0. The number of aromatic nitrogens is 11. The lowest BCUT2D eigenvalue weighted by Gasteiger charge is -1.96. The minimum absolute atomic E-state index is 0. The first-order chi connectivity index (χ1) is 51.5. The molecule has 0 aliphatic carbocycles. The van der Waals surface area contributed by atoms with Crippen molar-refractivity contribution in [3.63, 3.8) is 0 Å². The van der Waals surface area contributed by atoms with Crippen molar-refractivity contribution in [3.8, 4) is 0 Å². The van der Waals surface area contributed by atoms with Crippen LogP contribution < -0.4 is 0 Å². The molecule has 0 atom stereocenters. The number of nitrogens with one attached hydrogen (secondary N) is 4. The van der Waals surface area contributed by atoms with E-state index in [4.69, 9.17) is 17.7 Å². The average molecular weight is 1530 g/mol. The number of benzene rings is 3. The van der Waals surface area contributed by atoms with Gasteiger partial charge < -0.3 is 51.3 Å². The molecule has 0 amide bonds. The van der Waals surface area contributed by atoms with Crippen LogP contribution >= 0.6 is 45.3 Å². The standard InChI is InChI=1S/C10H11N.C9H8O.C9H8S.2C6H9N.2C5H7N.2C5H6O.2C5H6S.2C4H6N2.C4H5NO.C4H5NS.C2H6.CH4/c1-8-7-9-5-3-4-6-10(9)11(8)2;2*1-7-6-8-4-2-3-5-9(8)10-7;1-6-3-4-7(2)5-6;1-6-4-3-5-7(6)2;1-5-2-3-6-4-5;1-5-3-2-4-6-5;1-5-2-3-6-4-5;1-5-3-2-4-6-5;1-5-2-3-6-4-5;1-5-3-2-4-6-5;4*1-4-2-5-3-6-4;1-2;/h3-7H,1-2H3;2*2-6H,1H3;2*3-5H,1-2H3;2*2-4,6H,1H3;4*2-4H,1H3;2*2-3H,1H3,(H,5,6);2*2-3H,1H3;1-2H3;1H4. The zero-order valence-electron chi connectivity index (χ0n) is 66.0. The highest BCUT2D eigenvalue weighted by Gasteiger charge is 1.99. The molecule has 3 aromatic carbocycles. The number of imidazole rings is 2. The molecule has 0 radical (unpaired) electrons. The summed E-state index contributed by atoms with van der Waals surface area (Å²) in [5.41, 5.74) is 15.3. The molecule has 0 spiro atoms. The fourth-order valence-electron chi connectivity index (χ4n) is 8.27. The quantitative estimate of drug-likeness (QED) is 0.116. The first kappa shape index (κ1) is 93.1. The number of furan rings is 3. The Morgan fingerprint density at radius 1 is 0.444 bits per heavy atom. The van der Waals surface area contributed by atoms with Crippen molar-refractivity contribution in [3.05, 3.63) is 368 Å². The van der Waals surface area contributed by atoms with Gasteiger partial charge in [0.05, 0.1) is 43.2 Å². The summed E-state index contributed by atoms with van der Waals surface area (Å²) < 4.78 is 27.4. The third-order valence-corrected chi connectivity index (χ3v) is 17.4. The predicted octanol–water partition coefficient (Wildman–Crippen LogP) is 26.6. The van der Waals surface area contributed by atoms with Crippen LogP contribution in [0.15, 0.2) is 303 Å². The molecule has 0 saturated heterocycles. The molecule has 0 fully saturated rings. The number of thiophene rings is 3. The molecule has 108 heavy (non-hydrogen) atoms. The van der Waals surface area contributed by atoms with Gasteiger partial charge in [-0.05, 0) is 256 Å². The molecule has 15 nitrogen and oxygen atoms in total. The van der Waals surface area contributed by atoms with E-state index in [1.807, 2.05) is 215 Å². The van der Waals surface area contributed by atoms with Crippen LogP contribution in [0.1, 0.15) is 104 Å². The molecule has 19 heteroatoms. The fourth-order valence-corrected chi connectivity index (χ4v) is 10.8. The Balaban J connectivity index is 0.000000394. The van der Waals surface area contributed by atoms with Gasteiger partial charge in [0.2, 0.25) is 0 Å². The number of aromatic amines is 4. The molecule has 0 aliphatic heterocycles. The van der Waals surface area contributed by atoms with Crippen LogP contribution in [0.5, 0.6) is 0 Å². The van der Waals surface area contributed by atoms with E-state index in [9.17, 15) is 0 Å². The zero-order valence-corrected chi connectivity index (χ0v) is 69.3. The van der Waals surface area contributed by atoms with Crippen LogP contribution in [0.25, 0.3) is 32.0 Å². The van der Waals surface area contributed by atoms with E-state index in [0.29, 0.717) is 0 Å². The highest BCUT2D eigenvalue weighted by Crippen LogP contribution is 2.24. The van der Waals surface area contributed by atoms with Crippen LogP contribution in [0, 0.1) is 104 Å². The maximum atomic E-state index is 5.37. The van der Waals surface area contributed by atoms with Gasteiger partial charge in [-0.25, -0.2) is 15.0 Å². The van der Waals surface area contributed by atoms with Gasteiger partial charge in [0.25, 0.3) is 0 Å². The van der Waals surface area contributed by atoms with E-state index in [1.165, 1.54) is 86.7 Å². The molecule has 4 N–H and O–H groups in total. The van der Waals surface area contributed by atoms with Gasteiger partial charge in [-0.2, -0.15) is 11.3 Å². The lowest BCUT2D eigenvalue weighted by Crippen LogP contribution is -1.88. The molecule has 18 aromatic rings. The van der Waals surface area contributed by atoms with Gasteiger partial charge in [0, 0.05) is 136 Å². The lowest BCUT2D eigenvalue weighted by atomic mass is 10.2. The molecule has 0 unspecified atom stereocenters. The third kappa shape index (κ3) is 43.5. The first-order valence-electron chi connectivity index (χ1n) is 34.9. The molecule has 15 aromatic heterocycles. The second-order valence-electron chi connectivity index (χ2n) is 23.8. The number of thiazole rings is 1. The van der Waals surface area contributed by atoms with Crippen LogP contribution in [-0.2, 0) is 21.1 Å². The van der Waals surface area contributed by atoms with Crippen molar-refractivity contribution >= 4 is 77.3 Å². The van der Waals surface area contributed by atoms with Crippen LogP contribution in [0.3, 0.4) is 0 Å². The number of rotatable bonds is 0. The Morgan fingerprint density at radius 3 is 1.44 bits per heavy atom. The molecule has 18 rings (SSSR count). The smallest absolute Gasteiger partial charge is 0.180 e. The lowest BCUT2D eigenvalue weighted by molar-refractivity contribution is 0.527. The predicted molar refractivity (Wildman–Crippen MR) is 464 cm³/mol. The number of nitrogens with zero attached hydrogens (tertiary/aromatic N) is 7. The second kappa shape index (κ2) is 56.4. The van der Waals surface area contributed by atoms with Gasteiger partial charge in [-0.15, -0.1) is 34.0 Å². The molecule has 574 valence electrons. The SMILES string of the molecule is C.CC.Cc1cc2ccccc2n1C.Cc1cc2ccccc2o1.Cc1cc2ccccc2s1.Cc1cc[nH]c1.Cc1ccc[nH]1.Cc1cccn1C.Cc1ccco1.Cc1cccs1.Cc1ccn(C)c1.Cc1ccoc1.Cc1ccsc1.Cc1cnc[nH]1.Cc1cnc[nH]1.Cc1cnco1.Cc1cncs1. The highest BCUT2D eigenvalue weighted by atomic mass is 32.1. The van der Waals surface area contributed by atoms with Crippen molar-refractivity contribution < 1.29 is 17.7 Å². The zero-order chi connectivity index (χ0) is 78.4. The molecule has 0 saturated carbocycles. The van der Waals surface area contributed by atoms with Gasteiger partial charge in [0.1, 0.15) is 22.9 Å². The third-order valence-electron chi connectivity index (χ3n) is 14.0. The average Bonchev–Trinajstić information content (AvgIpc) is 1.69. The second-order valence-corrected chi connectivity index (χ2v) is 28.1. The Bertz CT molecular complexity index is 4150. The summed E-state index contributed by atoms with van der Waals surface area (Å²) in [6, 6.07) is 55.6. The van der Waals surface area contributed by atoms with Crippen molar-refractivity contribution in [1.82, 2.24) is 53.6 Å². The summed E-state index contributed by atoms with van der Waals surface area (Å²) in [4.78, 5) is 30.8. The molecule has 15 heterocycles. The maximum Gasteiger partial charge on any atom is 0.180 e. The number of aryl methyl sites for hydroxylation is 18. The minimum Gasteiger partial charge on any atom is -0.472 e. The Morgan fingerprint density at radius 2 is 1.14 bits per heavy atom. The normalized spacial score (nSPS) is 9.22. The van der Waals surface area contributed by atoms with Crippen molar-refractivity contribution in [2.24, 2.45) is 21.1 Å². The summed E-state index contributed by atoms with van der Waals surface area (Å²) in [6.07, 6.45) is 28.8. The van der Waals surface area contributed by atoms with Crippen LogP contribution in [0.2, 0.25) is 0 Å². The van der Waals surface area contributed by atoms with E-state index in [0.717, 1.165) is 34.3 Å². The number of para-hydroxylation sites is 2. The van der Waals surface area contributed by atoms with E-state index >= 15 is 0 Å². The van der Waals surface area contributed by atoms with E-state index in [2.05, 4.69) is 218 Å². The molecule has 0 bridgehead atoms. The maximum absolute atomic E-state index is 5.37. The van der Waals surface area contributed by atoms with Gasteiger partial charge in [0.15, 0.2) is 6.39 Å². The number of fused-ring (bicyclic) bond motifs is 3. The molecular formula is C89H115N11O4S4. The summed E-state index contributed by atoms with van der Waals surface area (Å²) in [5, 5.41) is 10.2. The monoisotopic (exact) mass is 1530 g/mol. The Kier molecular flexibility index (Phi) is 48.6. The highest BCUT2D eigenvalue weighted by molar-refractivity contribution is 7.19. The van der Waals surface area contributed by atoms with Crippen molar-refractivity contribution in [1.29, 1.82) is 0 Å². The van der Waals surface area contributed by atoms with Crippen molar-refractivity contribution in [2.75, 3.05) is 0 Å². The van der Waals surface area contributed by atoms with Gasteiger partial charge in [-0.3, -0.25) is 4.98 Å². The first-order valence-corrected chi connectivity index (χ1v) is 38.4. The molecule has 0 aliphatic rings.